The number of nitrogens with one attached hydrogen (secondary N) is 1. The van der Waals surface area contributed by atoms with Gasteiger partial charge in [-0.1, -0.05) is 12.6 Å². The van der Waals surface area contributed by atoms with Crippen LogP contribution in [0.3, 0.4) is 0 Å². The van der Waals surface area contributed by atoms with Crippen LogP contribution in [-0.2, 0) is 26.1 Å². The van der Waals surface area contributed by atoms with Crippen molar-refractivity contribution in [1.82, 2.24) is 5.32 Å². The van der Waals surface area contributed by atoms with Crippen molar-refractivity contribution in [2.24, 2.45) is 0 Å². The summed E-state index contributed by atoms with van der Waals surface area (Å²) < 4.78 is 57.2. The number of amides is 1. The lowest BCUT2D eigenvalue weighted by molar-refractivity contribution is -0.171. The highest BCUT2D eigenvalue weighted by molar-refractivity contribution is 5.96. The summed E-state index contributed by atoms with van der Waals surface area (Å²) in [6.07, 6.45) is -3.72. The number of esters is 1. The molecular weight excluding hydrogens is 342 g/mol. The van der Waals surface area contributed by atoms with Crippen LogP contribution in [0.1, 0.15) is 36.8 Å². The molecule has 1 amide bonds. The predicted molar refractivity (Wildman–Crippen MR) is 80.8 cm³/mol. The maximum atomic E-state index is 13.8. The highest BCUT2D eigenvalue weighted by Crippen LogP contribution is 2.46. The highest BCUT2D eigenvalue weighted by Gasteiger charge is 2.44. The van der Waals surface area contributed by atoms with Crippen molar-refractivity contribution < 1.29 is 31.9 Å². The number of rotatable bonds is 5. The molecule has 1 aromatic carbocycles. The summed E-state index contributed by atoms with van der Waals surface area (Å²) in [6.45, 7) is 3.47. The van der Waals surface area contributed by atoms with Gasteiger partial charge in [0, 0.05) is 12.6 Å². The molecule has 0 spiro atoms. The second kappa shape index (κ2) is 6.85. The van der Waals surface area contributed by atoms with Crippen LogP contribution in [0.25, 0.3) is 0 Å². The molecule has 2 rings (SSSR count). The van der Waals surface area contributed by atoms with Crippen LogP contribution in [-0.4, -0.2) is 18.9 Å². The summed E-state index contributed by atoms with van der Waals surface area (Å²) in [5, 5.41) is 2.32. The second-order valence-corrected chi connectivity index (χ2v) is 5.87. The molecule has 4 nitrogen and oxygen atoms in total. The van der Waals surface area contributed by atoms with Crippen molar-refractivity contribution in [1.29, 1.82) is 0 Å². The van der Waals surface area contributed by atoms with Gasteiger partial charge in [0.2, 0.25) is 5.91 Å². The third-order valence-electron chi connectivity index (χ3n) is 4.18. The maximum absolute atomic E-state index is 13.8. The molecule has 0 radical (unpaired) electrons. The number of ether oxygens (including phenoxy) is 1. The van der Waals surface area contributed by atoms with E-state index in [1.807, 2.05) is 0 Å². The molecule has 1 fully saturated rings. The normalized spacial score (nSPS) is 15.9. The van der Waals surface area contributed by atoms with Gasteiger partial charge in [0.1, 0.15) is 11.4 Å². The molecular formula is C17H17F4NO3. The number of halogens is 4. The Balaban J connectivity index is 2.18. The fraction of sp³-hybridized carbons (Fsp3) is 0.412. The van der Waals surface area contributed by atoms with Crippen molar-refractivity contribution in [2.75, 3.05) is 7.05 Å². The molecule has 0 aliphatic heterocycles. The molecule has 8 heteroatoms. The first kappa shape index (κ1) is 19.0. The molecule has 0 atom stereocenters. The van der Waals surface area contributed by atoms with Gasteiger partial charge in [-0.15, -0.1) is 0 Å². The molecule has 0 bridgehead atoms. The number of carbonyl (C=O) groups is 2. The molecule has 1 aromatic rings. The summed E-state index contributed by atoms with van der Waals surface area (Å²) in [6, 6.07) is 2.51. The molecule has 25 heavy (non-hydrogen) atoms. The third-order valence-corrected chi connectivity index (χ3v) is 4.18. The van der Waals surface area contributed by atoms with Crippen molar-refractivity contribution in [3.05, 3.63) is 47.3 Å². The van der Waals surface area contributed by atoms with Crippen LogP contribution >= 0.6 is 0 Å². The average molecular weight is 359 g/mol. The minimum Gasteiger partial charge on any atom is -0.454 e. The van der Waals surface area contributed by atoms with E-state index in [-0.39, 0.29) is 17.6 Å². The van der Waals surface area contributed by atoms with Crippen LogP contribution in [0.4, 0.5) is 17.6 Å². The minimum atomic E-state index is -4.79. The van der Waals surface area contributed by atoms with Gasteiger partial charge in [0.05, 0.1) is 12.0 Å². The van der Waals surface area contributed by atoms with Crippen LogP contribution in [0, 0.1) is 5.82 Å². The summed E-state index contributed by atoms with van der Waals surface area (Å²) in [4.78, 5) is 23.4. The highest BCUT2D eigenvalue weighted by atomic mass is 19.4. The zero-order chi connectivity index (χ0) is 18.8. The van der Waals surface area contributed by atoms with Crippen LogP contribution < -0.4 is 5.32 Å². The van der Waals surface area contributed by atoms with Gasteiger partial charge in [-0.25, -0.2) is 4.39 Å². The standard InChI is InChI=1S/C17H17F4NO3/c1-10(15(24)22-2)8-14(23)25-16(6-3-7-16)11-4-5-12(13(18)9-11)17(19,20)21/h4-5,9H,1,3,6-8H2,2H3,(H,22,24). The molecule has 1 N–H and O–H groups in total. The Morgan fingerprint density at radius 2 is 1.96 bits per heavy atom. The van der Waals surface area contributed by atoms with Crippen molar-refractivity contribution in [3.8, 4) is 0 Å². The Bertz CT molecular complexity index is 708. The number of hydrogen-bond acceptors (Lipinski definition) is 3. The van der Waals surface area contributed by atoms with E-state index < -0.39 is 35.0 Å². The van der Waals surface area contributed by atoms with E-state index in [1.54, 1.807) is 0 Å². The SMILES string of the molecule is C=C(CC(=O)OC1(c2ccc(C(F)(F)F)c(F)c2)CCC1)C(=O)NC. The number of alkyl halides is 3. The third kappa shape index (κ3) is 4.00. The van der Waals surface area contributed by atoms with Crippen molar-refractivity contribution in [3.63, 3.8) is 0 Å². The fourth-order valence-electron chi connectivity index (χ4n) is 2.66. The van der Waals surface area contributed by atoms with Gasteiger partial charge in [-0.05, 0) is 37.0 Å². The first-order valence-electron chi connectivity index (χ1n) is 7.58. The smallest absolute Gasteiger partial charge is 0.419 e. The van der Waals surface area contributed by atoms with Gasteiger partial charge >= 0.3 is 12.1 Å². The molecule has 136 valence electrons. The Kier molecular flexibility index (Phi) is 5.20. The lowest BCUT2D eigenvalue weighted by Gasteiger charge is -2.41. The van der Waals surface area contributed by atoms with Gasteiger partial charge in [0.25, 0.3) is 0 Å². The van der Waals surface area contributed by atoms with E-state index in [0.29, 0.717) is 25.3 Å². The first-order chi connectivity index (χ1) is 11.6. The number of hydrogen-bond donors (Lipinski definition) is 1. The van der Waals surface area contributed by atoms with Gasteiger partial charge in [-0.2, -0.15) is 13.2 Å². The van der Waals surface area contributed by atoms with Crippen LogP contribution in [0.5, 0.6) is 0 Å². The van der Waals surface area contributed by atoms with E-state index in [2.05, 4.69) is 11.9 Å². The molecule has 0 unspecified atom stereocenters. The Labute approximate surface area is 141 Å². The quantitative estimate of drug-likeness (QED) is 0.498. The van der Waals surface area contributed by atoms with Gasteiger partial charge in [-0.3, -0.25) is 9.59 Å². The fourth-order valence-corrected chi connectivity index (χ4v) is 2.66. The molecule has 1 saturated carbocycles. The van der Waals surface area contributed by atoms with Crippen molar-refractivity contribution in [2.45, 2.75) is 37.5 Å². The summed E-state index contributed by atoms with van der Waals surface area (Å²) in [5.41, 5.74) is -2.36. The zero-order valence-corrected chi connectivity index (χ0v) is 13.5. The lowest BCUT2D eigenvalue weighted by atomic mass is 9.74. The largest absolute Gasteiger partial charge is 0.454 e. The van der Waals surface area contributed by atoms with E-state index in [1.165, 1.54) is 7.05 Å². The van der Waals surface area contributed by atoms with E-state index in [4.69, 9.17) is 4.74 Å². The molecule has 1 aliphatic rings. The Morgan fingerprint density at radius 1 is 1.32 bits per heavy atom. The summed E-state index contributed by atoms with van der Waals surface area (Å²) in [7, 11) is 1.39. The molecule has 0 saturated heterocycles. The number of benzene rings is 1. The summed E-state index contributed by atoms with van der Waals surface area (Å²) in [5.74, 6) is -2.67. The Hall–Kier alpha value is -2.38. The number of likely N-dealkylation sites (N-methyl/N-ethyl adjacent to an activating group) is 1. The number of carbonyl (C=O) groups excluding carboxylic acids is 2. The molecule has 0 heterocycles. The summed E-state index contributed by atoms with van der Waals surface area (Å²) >= 11 is 0. The average Bonchev–Trinajstić information content (AvgIpc) is 2.48. The lowest BCUT2D eigenvalue weighted by Crippen LogP contribution is -2.39. The topological polar surface area (TPSA) is 55.4 Å². The van der Waals surface area contributed by atoms with Gasteiger partial charge in [0.15, 0.2) is 0 Å². The predicted octanol–water partition coefficient (Wildman–Crippen LogP) is 3.46. The van der Waals surface area contributed by atoms with Gasteiger partial charge < -0.3 is 10.1 Å². The second-order valence-electron chi connectivity index (χ2n) is 5.87. The molecule has 0 aromatic heterocycles. The zero-order valence-electron chi connectivity index (χ0n) is 13.5. The van der Waals surface area contributed by atoms with E-state index in [9.17, 15) is 27.2 Å². The Morgan fingerprint density at radius 3 is 2.40 bits per heavy atom. The van der Waals surface area contributed by atoms with Crippen molar-refractivity contribution >= 4 is 11.9 Å². The molecule has 1 aliphatic carbocycles. The monoisotopic (exact) mass is 359 g/mol. The minimum absolute atomic E-state index is 0.000531. The van der Waals surface area contributed by atoms with Crippen LogP contribution in [0.2, 0.25) is 0 Å². The van der Waals surface area contributed by atoms with Crippen LogP contribution in [0.15, 0.2) is 30.4 Å². The first-order valence-corrected chi connectivity index (χ1v) is 7.58. The van der Waals surface area contributed by atoms with E-state index >= 15 is 0 Å². The maximum Gasteiger partial charge on any atom is 0.419 e. The van der Waals surface area contributed by atoms with E-state index in [0.717, 1.165) is 12.1 Å².